The Morgan fingerprint density at radius 3 is 1.59 bits per heavy atom. The second-order valence-corrected chi connectivity index (χ2v) is 6.89. The summed E-state index contributed by atoms with van der Waals surface area (Å²) in [5, 5.41) is -6.04. The van der Waals surface area contributed by atoms with Crippen LogP contribution in [-0.4, -0.2) is 19.5 Å². The number of sulfone groups is 1. The lowest BCUT2D eigenvalue weighted by molar-refractivity contribution is -0.130. The molecule has 0 aromatic heterocycles. The van der Waals surface area contributed by atoms with Crippen molar-refractivity contribution in [2.45, 2.75) is 17.4 Å². The summed E-state index contributed by atoms with van der Waals surface area (Å²) < 4.78 is 52.9. The summed E-state index contributed by atoms with van der Waals surface area (Å²) in [6.07, 6.45) is 0. The van der Waals surface area contributed by atoms with Crippen molar-refractivity contribution in [2.24, 2.45) is 0 Å². The van der Waals surface area contributed by atoms with Crippen LogP contribution in [0.3, 0.4) is 0 Å². The van der Waals surface area contributed by atoms with Gasteiger partial charge in [-0.05, 0) is 11.1 Å². The lowest BCUT2D eigenvalue weighted by Crippen LogP contribution is -2.39. The van der Waals surface area contributed by atoms with E-state index in [4.69, 9.17) is 0 Å². The molecule has 2 rings (SSSR count). The highest BCUT2D eigenvalue weighted by molar-refractivity contribution is 7.93. The van der Waals surface area contributed by atoms with Gasteiger partial charge in [0.25, 0.3) is 0 Å². The van der Waals surface area contributed by atoms with Gasteiger partial charge in [-0.3, -0.25) is 4.79 Å². The zero-order valence-electron chi connectivity index (χ0n) is 11.7. The maximum Gasteiger partial charge on any atom is 0.403 e. The molecule has 0 N–H and O–H groups in total. The van der Waals surface area contributed by atoms with E-state index in [-0.39, 0.29) is 11.1 Å². The minimum Gasteiger partial charge on any atom is -0.292 e. The van der Waals surface area contributed by atoms with Crippen molar-refractivity contribution >= 4 is 15.6 Å². The van der Waals surface area contributed by atoms with Gasteiger partial charge in [0.15, 0.2) is 0 Å². The van der Waals surface area contributed by atoms with Gasteiger partial charge in [0.1, 0.15) is 5.25 Å². The number of hydrogen-bond acceptors (Lipinski definition) is 3. The number of carbonyl (C=O) groups excluding carboxylic acids is 1. The normalized spacial score (nSPS) is 12.4. The van der Waals surface area contributed by atoms with Crippen molar-refractivity contribution < 1.29 is 22.0 Å². The molecule has 0 saturated carbocycles. The van der Waals surface area contributed by atoms with Crippen LogP contribution >= 0.6 is 0 Å². The third kappa shape index (κ3) is 2.78. The first kappa shape index (κ1) is 16.3. The Hall–Kier alpha value is -2.08. The van der Waals surface area contributed by atoms with E-state index in [0.717, 1.165) is 0 Å². The van der Waals surface area contributed by atoms with Crippen LogP contribution in [0.1, 0.15) is 23.3 Å². The number of benzene rings is 2. The smallest absolute Gasteiger partial charge is 0.292 e. The van der Waals surface area contributed by atoms with Gasteiger partial charge in [-0.25, -0.2) is 8.42 Å². The number of Topliss-reactive ketones (excluding diaryl/α,β-unsaturated/α-hetero) is 1. The van der Waals surface area contributed by atoms with Crippen molar-refractivity contribution in [3.05, 3.63) is 71.8 Å². The monoisotopic (exact) mass is 324 g/mol. The lowest BCUT2D eigenvalue weighted by Gasteiger charge is -2.23. The second-order valence-electron chi connectivity index (χ2n) is 4.82. The van der Waals surface area contributed by atoms with Crippen LogP contribution in [0.25, 0.3) is 0 Å². The quantitative estimate of drug-likeness (QED) is 0.847. The lowest BCUT2D eigenvalue weighted by atomic mass is 10.0. The molecule has 0 saturated heterocycles. The first-order valence-electron chi connectivity index (χ1n) is 6.50. The molecule has 0 aliphatic heterocycles. The van der Waals surface area contributed by atoms with E-state index in [1.54, 1.807) is 36.4 Å². The van der Waals surface area contributed by atoms with Gasteiger partial charge in [-0.15, -0.1) is 0 Å². The predicted molar refractivity (Wildman–Crippen MR) is 79.3 cm³/mol. The van der Waals surface area contributed by atoms with Crippen molar-refractivity contribution in [1.29, 1.82) is 0 Å². The molecule has 3 nitrogen and oxygen atoms in total. The number of hydrogen-bond donors (Lipinski definition) is 0. The zero-order valence-corrected chi connectivity index (χ0v) is 12.6. The number of alkyl halides is 2. The van der Waals surface area contributed by atoms with Gasteiger partial charge < -0.3 is 0 Å². The van der Waals surface area contributed by atoms with Gasteiger partial charge in [-0.1, -0.05) is 60.7 Å². The average molecular weight is 324 g/mol. The summed E-state index contributed by atoms with van der Waals surface area (Å²) in [5.41, 5.74) is 0.379. The van der Waals surface area contributed by atoms with Gasteiger partial charge in [0, 0.05) is 6.92 Å². The summed E-state index contributed by atoms with van der Waals surface area (Å²) in [4.78, 5) is 11.2. The molecule has 0 spiro atoms. The van der Waals surface area contributed by atoms with E-state index in [2.05, 4.69) is 0 Å². The molecule has 0 unspecified atom stereocenters. The maximum atomic E-state index is 14.0. The van der Waals surface area contributed by atoms with E-state index in [9.17, 15) is 22.0 Å². The molecule has 22 heavy (non-hydrogen) atoms. The third-order valence-electron chi connectivity index (χ3n) is 3.28. The van der Waals surface area contributed by atoms with E-state index in [1.165, 1.54) is 24.3 Å². The van der Waals surface area contributed by atoms with Crippen LogP contribution < -0.4 is 0 Å². The Balaban J connectivity index is 2.68. The van der Waals surface area contributed by atoms with Crippen molar-refractivity contribution in [3.63, 3.8) is 0 Å². The zero-order chi connectivity index (χ0) is 16.4. The molecule has 0 heterocycles. The molecule has 0 atom stereocenters. The van der Waals surface area contributed by atoms with Gasteiger partial charge in [0.05, 0.1) is 0 Å². The maximum absolute atomic E-state index is 14.0. The summed E-state index contributed by atoms with van der Waals surface area (Å²) in [6.45, 7) is 0.574. The Morgan fingerprint density at radius 2 is 1.27 bits per heavy atom. The molecular formula is C16H14F2O3S. The Morgan fingerprint density at radius 1 is 0.909 bits per heavy atom. The van der Waals surface area contributed by atoms with Crippen molar-refractivity contribution in [1.82, 2.24) is 0 Å². The Bertz CT molecular complexity index is 717. The van der Waals surface area contributed by atoms with Crippen LogP contribution in [-0.2, 0) is 14.6 Å². The molecule has 0 bridgehead atoms. The van der Waals surface area contributed by atoms with Gasteiger partial charge in [0.2, 0.25) is 15.6 Å². The second kappa shape index (κ2) is 5.96. The molecule has 0 fully saturated rings. The predicted octanol–water partition coefficient (Wildman–Crippen LogP) is 3.37. The molecule has 2 aromatic carbocycles. The highest BCUT2D eigenvalue weighted by Crippen LogP contribution is 2.39. The fraction of sp³-hybridized carbons (Fsp3) is 0.188. The molecular weight excluding hydrogens is 310 g/mol. The average Bonchev–Trinajstić information content (AvgIpc) is 2.49. The van der Waals surface area contributed by atoms with Crippen LogP contribution in [0, 0.1) is 0 Å². The standard InChI is InChI=1S/C16H14F2O3S/c1-12(19)16(17,18)22(20,21)15(13-8-4-2-5-9-13)14-10-6-3-7-11-14/h2-11,15H,1H3. The number of carbonyl (C=O) groups is 1. The fourth-order valence-electron chi connectivity index (χ4n) is 2.15. The molecule has 116 valence electrons. The summed E-state index contributed by atoms with van der Waals surface area (Å²) >= 11 is 0. The minimum absolute atomic E-state index is 0.189. The summed E-state index contributed by atoms with van der Waals surface area (Å²) in [6, 6.07) is 15.4. The molecule has 6 heteroatoms. The number of ketones is 1. The molecule has 0 radical (unpaired) electrons. The first-order chi connectivity index (χ1) is 10.3. The van der Waals surface area contributed by atoms with Crippen LogP contribution in [0.4, 0.5) is 8.78 Å². The topological polar surface area (TPSA) is 51.2 Å². The fourth-order valence-corrected chi connectivity index (χ4v) is 3.88. The summed E-state index contributed by atoms with van der Waals surface area (Å²) in [7, 11) is -5.09. The number of halogens is 2. The van der Waals surface area contributed by atoms with E-state index in [1.807, 2.05) is 0 Å². The molecule has 0 amide bonds. The molecule has 0 aliphatic rings. The first-order valence-corrected chi connectivity index (χ1v) is 8.05. The van der Waals surface area contributed by atoms with Crippen LogP contribution in [0.2, 0.25) is 0 Å². The third-order valence-corrected chi connectivity index (χ3v) is 5.45. The van der Waals surface area contributed by atoms with Crippen LogP contribution in [0.5, 0.6) is 0 Å². The summed E-state index contributed by atoms with van der Waals surface area (Å²) in [5.74, 6) is -1.69. The van der Waals surface area contributed by atoms with Gasteiger partial charge in [-0.2, -0.15) is 8.78 Å². The minimum atomic E-state index is -5.09. The Kier molecular flexibility index (Phi) is 4.42. The van der Waals surface area contributed by atoms with Crippen molar-refractivity contribution in [3.8, 4) is 0 Å². The highest BCUT2D eigenvalue weighted by atomic mass is 32.2. The van der Waals surface area contributed by atoms with Gasteiger partial charge >= 0.3 is 5.25 Å². The van der Waals surface area contributed by atoms with E-state index >= 15 is 0 Å². The van der Waals surface area contributed by atoms with Crippen LogP contribution in [0.15, 0.2) is 60.7 Å². The number of rotatable bonds is 5. The molecule has 2 aromatic rings. The van der Waals surface area contributed by atoms with E-state index < -0.39 is 26.1 Å². The van der Waals surface area contributed by atoms with E-state index in [0.29, 0.717) is 6.92 Å². The SMILES string of the molecule is CC(=O)C(F)(F)S(=O)(=O)C(c1ccccc1)c1ccccc1. The molecule has 0 aliphatic carbocycles. The highest BCUT2D eigenvalue weighted by Gasteiger charge is 2.54. The van der Waals surface area contributed by atoms with Crippen molar-refractivity contribution in [2.75, 3.05) is 0 Å². The Labute approximate surface area is 127 Å². The largest absolute Gasteiger partial charge is 0.403 e.